The van der Waals surface area contributed by atoms with E-state index < -0.39 is 21.5 Å². The molecule has 76 valence electrons. The summed E-state index contributed by atoms with van der Waals surface area (Å²) < 4.78 is 28.8. The molecule has 0 aromatic carbocycles. The molecule has 1 aliphatic rings. The second kappa shape index (κ2) is 3.26. The fraction of sp³-hybridized carbons (Fsp3) is 0.857. The number of hydrogen-bond donors (Lipinski definition) is 1. The predicted octanol–water partition coefficient (Wildman–Crippen LogP) is -0.369. The van der Waals surface area contributed by atoms with Gasteiger partial charge in [0.2, 0.25) is 10.0 Å². The highest BCUT2D eigenvalue weighted by Gasteiger charge is 2.53. The van der Waals surface area contributed by atoms with Crippen LogP contribution in [-0.2, 0) is 19.6 Å². The molecule has 0 aromatic heterocycles. The highest BCUT2D eigenvalue weighted by Crippen LogP contribution is 2.37. The highest BCUT2D eigenvalue weighted by molar-refractivity contribution is 7.88. The minimum absolute atomic E-state index is 0.270. The second-order valence-electron chi connectivity index (χ2n) is 3.18. The van der Waals surface area contributed by atoms with Gasteiger partial charge in [0.25, 0.3) is 0 Å². The Morgan fingerprint density at radius 3 is 2.38 bits per heavy atom. The predicted molar refractivity (Wildman–Crippen MR) is 46.6 cm³/mol. The fourth-order valence-electron chi connectivity index (χ4n) is 1.10. The average Bonchev–Trinajstić information content (AvgIpc) is 2.66. The molecule has 5 nitrogen and oxygen atoms in total. The summed E-state index contributed by atoms with van der Waals surface area (Å²) in [6.07, 6.45) is 2.09. The van der Waals surface area contributed by atoms with Gasteiger partial charge in [-0.3, -0.25) is 4.79 Å². The minimum atomic E-state index is -3.33. The number of nitrogens with one attached hydrogen (secondary N) is 1. The van der Waals surface area contributed by atoms with Crippen molar-refractivity contribution in [3.63, 3.8) is 0 Å². The third-order valence-electron chi connectivity index (χ3n) is 1.80. The standard InChI is InChI=1S/C7H13NO4S/c1-3-12-6(9)7(4-5-7)8-13(2,10)11/h8H,3-5H2,1-2H3. The SMILES string of the molecule is CCOC(=O)C1(NS(C)(=O)=O)CC1. The zero-order chi connectivity index (χ0) is 10.1. The summed E-state index contributed by atoms with van der Waals surface area (Å²) in [7, 11) is -3.33. The molecule has 0 radical (unpaired) electrons. The molecule has 0 heterocycles. The Morgan fingerprint density at radius 2 is 2.08 bits per heavy atom. The molecule has 0 bridgehead atoms. The van der Waals surface area contributed by atoms with Crippen LogP contribution in [0.3, 0.4) is 0 Å². The van der Waals surface area contributed by atoms with E-state index >= 15 is 0 Å². The number of carbonyl (C=O) groups excluding carboxylic acids is 1. The lowest BCUT2D eigenvalue weighted by atomic mass is 10.3. The van der Waals surface area contributed by atoms with Gasteiger partial charge in [0.15, 0.2) is 0 Å². The quantitative estimate of drug-likeness (QED) is 0.638. The summed E-state index contributed by atoms with van der Waals surface area (Å²) in [4.78, 5) is 11.3. The van der Waals surface area contributed by atoms with E-state index in [-0.39, 0.29) is 6.61 Å². The van der Waals surface area contributed by atoms with Gasteiger partial charge in [0.05, 0.1) is 12.9 Å². The molecule has 1 N–H and O–H groups in total. The first kappa shape index (κ1) is 10.5. The molecule has 1 rings (SSSR count). The van der Waals surface area contributed by atoms with Gasteiger partial charge >= 0.3 is 5.97 Å². The fourth-order valence-corrected chi connectivity index (χ4v) is 2.09. The summed E-state index contributed by atoms with van der Waals surface area (Å²) in [6, 6.07) is 0. The van der Waals surface area contributed by atoms with Crippen LogP contribution in [0.1, 0.15) is 19.8 Å². The molecule has 0 spiro atoms. The molecular formula is C7H13NO4S. The first-order valence-electron chi connectivity index (χ1n) is 4.06. The maximum absolute atomic E-state index is 11.3. The van der Waals surface area contributed by atoms with Gasteiger partial charge in [-0.2, -0.15) is 4.72 Å². The Hall–Kier alpha value is -0.620. The molecule has 0 atom stereocenters. The maximum Gasteiger partial charge on any atom is 0.327 e. The molecule has 0 amide bonds. The van der Waals surface area contributed by atoms with Crippen LogP contribution in [0, 0.1) is 0 Å². The lowest BCUT2D eigenvalue weighted by molar-refractivity contribution is -0.146. The van der Waals surface area contributed by atoms with E-state index in [1.54, 1.807) is 6.92 Å². The molecule has 13 heavy (non-hydrogen) atoms. The Balaban J connectivity index is 2.62. The van der Waals surface area contributed by atoms with Crippen LogP contribution in [0.25, 0.3) is 0 Å². The molecule has 0 saturated heterocycles. The molecule has 1 saturated carbocycles. The number of carbonyl (C=O) groups is 1. The van der Waals surface area contributed by atoms with Crippen LogP contribution in [0.5, 0.6) is 0 Å². The lowest BCUT2D eigenvalue weighted by Gasteiger charge is -2.13. The molecule has 1 aliphatic carbocycles. The van der Waals surface area contributed by atoms with Crippen LogP contribution in [0.4, 0.5) is 0 Å². The number of esters is 1. The summed E-state index contributed by atoms with van der Waals surface area (Å²) in [5.74, 6) is -0.472. The third kappa shape index (κ3) is 2.67. The van der Waals surface area contributed by atoms with Crippen molar-refractivity contribution in [2.75, 3.05) is 12.9 Å². The topological polar surface area (TPSA) is 72.5 Å². The number of sulfonamides is 1. The maximum atomic E-state index is 11.3. The molecule has 0 aromatic rings. The number of ether oxygens (including phenoxy) is 1. The number of rotatable bonds is 4. The summed E-state index contributed by atoms with van der Waals surface area (Å²) in [6.45, 7) is 1.96. The Labute approximate surface area is 77.5 Å². The van der Waals surface area contributed by atoms with Gasteiger partial charge in [0, 0.05) is 0 Å². The molecular weight excluding hydrogens is 194 g/mol. The first-order valence-corrected chi connectivity index (χ1v) is 5.95. The van der Waals surface area contributed by atoms with E-state index in [2.05, 4.69) is 4.72 Å². The molecule has 6 heteroatoms. The smallest absolute Gasteiger partial charge is 0.327 e. The largest absolute Gasteiger partial charge is 0.465 e. The van der Waals surface area contributed by atoms with Crippen LogP contribution in [0.2, 0.25) is 0 Å². The van der Waals surface area contributed by atoms with E-state index in [9.17, 15) is 13.2 Å². The summed E-state index contributed by atoms with van der Waals surface area (Å²) in [5.41, 5.74) is -0.955. The van der Waals surface area contributed by atoms with Gasteiger partial charge in [-0.1, -0.05) is 0 Å². The van der Waals surface area contributed by atoms with E-state index in [4.69, 9.17) is 4.74 Å². The van der Waals surface area contributed by atoms with Crippen molar-refractivity contribution >= 4 is 16.0 Å². The Bertz CT molecular complexity index is 304. The van der Waals surface area contributed by atoms with Crippen molar-refractivity contribution < 1.29 is 17.9 Å². The first-order chi connectivity index (χ1) is 5.90. The van der Waals surface area contributed by atoms with Crippen molar-refractivity contribution in [2.45, 2.75) is 25.3 Å². The van der Waals surface area contributed by atoms with E-state index in [1.807, 2.05) is 0 Å². The van der Waals surface area contributed by atoms with Crippen molar-refractivity contribution in [2.24, 2.45) is 0 Å². The lowest BCUT2D eigenvalue weighted by Crippen LogP contribution is -2.43. The Morgan fingerprint density at radius 1 is 1.54 bits per heavy atom. The molecule has 0 unspecified atom stereocenters. The van der Waals surface area contributed by atoms with Crippen LogP contribution in [0.15, 0.2) is 0 Å². The van der Waals surface area contributed by atoms with Crippen molar-refractivity contribution in [3.05, 3.63) is 0 Å². The van der Waals surface area contributed by atoms with Crippen molar-refractivity contribution in [1.82, 2.24) is 4.72 Å². The van der Waals surface area contributed by atoms with Crippen LogP contribution >= 0.6 is 0 Å². The van der Waals surface area contributed by atoms with Gasteiger partial charge < -0.3 is 4.74 Å². The number of hydrogen-bond acceptors (Lipinski definition) is 4. The highest BCUT2D eigenvalue weighted by atomic mass is 32.2. The zero-order valence-electron chi connectivity index (χ0n) is 7.66. The van der Waals surface area contributed by atoms with Gasteiger partial charge in [0.1, 0.15) is 5.54 Å². The summed E-state index contributed by atoms with van der Waals surface area (Å²) in [5, 5.41) is 0. The third-order valence-corrected chi connectivity index (χ3v) is 2.56. The van der Waals surface area contributed by atoms with E-state index in [0.717, 1.165) is 6.26 Å². The normalized spacial score (nSPS) is 19.5. The van der Waals surface area contributed by atoms with Crippen molar-refractivity contribution in [1.29, 1.82) is 0 Å². The summed E-state index contributed by atoms with van der Waals surface area (Å²) >= 11 is 0. The monoisotopic (exact) mass is 207 g/mol. The van der Waals surface area contributed by atoms with E-state index in [0.29, 0.717) is 12.8 Å². The van der Waals surface area contributed by atoms with Gasteiger partial charge in [-0.25, -0.2) is 8.42 Å². The molecule has 0 aliphatic heterocycles. The van der Waals surface area contributed by atoms with E-state index in [1.165, 1.54) is 0 Å². The van der Waals surface area contributed by atoms with Crippen molar-refractivity contribution in [3.8, 4) is 0 Å². The molecule has 1 fully saturated rings. The zero-order valence-corrected chi connectivity index (χ0v) is 8.48. The Kier molecular flexibility index (Phi) is 2.63. The second-order valence-corrected chi connectivity index (χ2v) is 4.93. The van der Waals surface area contributed by atoms with Crippen LogP contribution < -0.4 is 4.72 Å². The average molecular weight is 207 g/mol. The van der Waals surface area contributed by atoms with Crippen LogP contribution in [-0.4, -0.2) is 32.8 Å². The van der Waals surface area contributed by atoms with Gasteiger partial charge in [-0.15, -0.1) is 0 Å². The minimum Gasteiger partial charge on any atom is -0.465 e. The van der Waals surface area contributed by atoms with Gasteiger partial charge in [-0.05, 0) is 19.8 Å².